The Balaban J connectivity index is 1.53. The highest BCUT2D eigenvalue weighted by molar-refractivity contribution is 5.26. The topological polar surface area (TPSA) is 31.0 Å². The van der Waals surface area contributed by atoms with E-state index in [0.29, 0.717) is 12.7 Å². The van der Waals surface area contributed by atoms with Crippen molar-refractivity contribution < 1.29 is 14.2 Å². The fourth-order valence-corrected chi connectivity index (χ4v) is 1.72. The van der Waals surface area contributed by atoms with Crippen molar-refractivity contribution in [3.8, 4) is 5.75 Å². The monoisotopic (exact) mass is 236 g/mol. The summed E-state index contributed by atoms with van der Waals surface area (Å²) in [6.45, 7) is 2.48. The molecular formula is C14H20O3. The van der Waals surface area contributed by atoms with Crippen molar-refractivity contribution in [2.45, 2.75) is 32.0 Å². The Morgan fingerprint density at radius 3 is 2.65 bits per heavy atom. The summed E-state index contributed by atoms with van der Waals surface area (Å²) in [5.41, 5.74) is 1.19. The third kappa shape index (κ3) is 4.75. The predicted octanol–water partition coefficient (Wildman–Crippen LogP) is 2.78. The minimum atomic E-state index is 0.552. The number of unbranched alkanes of at least 4 members (excludes halogenated alkanes) is 1. The molecule has 0 radical (unpaired) electrons. The van der Waals surface area contributed by atoms with Crippen molar-refractivity contribution in [2.75, 3.05) is 20.3 Å². The van der Waals surface area contributed by atoms with Crippen molar-refractivity contribution >= 4 is 0 Å². The number of hydrogen-bond donors (Lipinski definition) is 0. The molecule has 1 heterocycles. The zero-order chi connectivity index (χ0) is 11.9. The summed E-state index contributed by atoms with van der Waals surface area (Å²) in [7, 11) is 1.68. The van der Waals surface area contributed by atoms with E-state index in [2.05, 4.69) is 0 Å². The normalized spacial score (nSPS) is 18.1. The Hall–Kier alpha value is -1.06. The van der Waals surface area contributed by atoms with Gasteiger partial charge in [0.05, 0.1) is 26.4 Å². The molecule has 0 spiro atoms. The Morgan fingerprint density at radius 1 is 1.24 bits per heavy atom. The minimum absolute atomic E-state index is 0.552. The summed E-state index contributed by atoms with van der Waals surface area (Å²) in [6.07, 6.45) is 4.06. The van der Waals surface area contributed by atoms with Gasteiger partial charge in [-0.15, -0.1) is 0 Å². The van der Waals surface area contributed by atoms with Gasteiger partial charge < -0.3 is 14.2 Å². The van der Waals surface area contributed by atoms with Crippen LogP contribution in [0, 0.1) is 0 Å². The molecule has 3 heteroatoms. The highest BCUT2D eigenvalue weighted by Crippen LogP contribution is 2.16. The summed E-state index contributed by atoms with van der Waals surface area (Å²) in [4.78, 5) is 0. The molecule has 1 atom stereocenters. The van der Waals surface area contributed by atoms with E-state index in [1.807, 2.05) is 24.3 Å². The van der Waals surface area contributed by atoms with Crippen molar-refractivity contribution in [3.63, 3.8) is 0 Å². The standard InChI is InChI=1S/C14H20O3/c1-15-13-7-5-12(6-8-13)10-16-9-3-2-4-14-11-17-14/h5-8,14H,2-4,9-11H2,1H3/t14-/m1/s1. The molecule has 94 valence electrons. The van der Waals surface area contributed by atoms with E-state index in [1.165, 1.54) is 18.4 Å². The number of benzene rings is 1. The van der Waals surface area contributed by atoms with Gasteiger partial charge in [0, 0.05) is 6.61 Å². The minimum Gasteiger partial charge on any atom is -0.497 e. The average molecular weight is 236 g/mol. The molecule has 0 N–H and O–H groups in total. The third-order valence-corrected chi connectivity index (χ3v) is 2.89. The van der Waals surface area contributed by atoms with Crippen LogP contribution in [0.1, 0.15) is 24.8 Å². The van der Waals surface area contributed by atoms with E-state index in [9.17, 15) is 0 Å². The Kier molecular flexibility index (Phi) is 4.83. The number of methoxy groups -OCH3 is 1. The molecule has 17 heavy (non-hydrogen) atoms. The van der Waals surface area contributed by atoms with Gasteiger partial charge in [0.15, 0.2) is 0 Å². The van der Waals surface area contributed by atoms with Gasteiger partial charge in [0.25, 0.3) is 0 Å². The van der Waals surface area contributed by atoms with Crippen LogP contribution in [0.4, 0.5) is 0 Å². The number of hydrogen-bond acceptors (Lipinski definition) is 3. The van der Waals surface area contributed by atoms with Crippen LogP contribution in [0.15, 0.2) is 24.3 Å². The lowest BCUT2D eigenvalue weighted by molar-refractivity contribution is 0.116. The van der Waals surface area contributed by atoms with Gasteiger partial charge in [-0.25, -0.2) is 0 Å². The summed E-state index contributed by atoms with van der Waals surface area (Å²) in [5, 5.41) is 0. The first kappa shape index (κ1) is 12.4. The fraction of sp³-hybridized carbons (Fsp3) is 0.571. The van der Waals surface area contributed by atoms with Gasteiger partial charge in [-0.2, -0.15) is 0 Å². The van der Waals surface area contributed by atoms with Crippen molar-refractivity contribution in [1.29, 1.82) is 0 Å². The first-order chi connectivity index (χ1) is 8.38. The maximum absolute atomic E-state index is 5.61. The van der Waals surface area contributed by atoms with Gasteiger partial charge in [-0.1, -0.05) is 12.1 Å². The SMILES string of the molecule is COc1ccc(COCCCC[C@@H]2CO2)cc1. The lowest BCUT2D eigenvalue weighted by Crippen LogP contribution is -1.96. The molecule has 3 nitrogen and oxygen atoms in total. The highest BCUT2D eigenvalue weighted by Gasteiger charge is 2.20. The average Bonchev–Trinajstić information content (AvgIpc) is 3.18. The van der Waals surface area contributed by atoms with E-state index in [1.54, 1.807) is 7.11 Å². The molecular weight excluding hydrogens is 216 g/mol. The molecule has 1 aromatic rings. The first-order valence-corrected chi connectivity index (χ1v) is 6.21. The van der Waals surface area contributed by atoms with Crippen molar-refractivity contribution in [2.24, 2.45) is 0 Å². The highest BCUT2D eigenvalue weighted by atomic mass is 16.6. The lowest BCUT2D eigenvalue weighted by atomic mass is 10.2. The molecule has 1 aliphatic heterocycles. The lowest BCUT2D eigenvalue weighted by Gasteiger charge is -2.05. The van der Waals surface area contributed by atoms with Gasteiger partial charge in [0.2, 0.25) is 0 Å². The molecule has 0 bridgehead atoms. The molecule has 2 rings (SSSR count). The smallest absolute Gasteiger partial charge is 0.118 e. The summed E-state index contributed by atoms with van der Waals surface area (Å²) < 4.78 is 15.9. The van der Waals surface area contributed by atoms with E-state index in [-0.39, 0.29) is 0 Å². The molecule has 0 aliphatic carbocycles. The van der Waals surface area contributed by atoms with E-state index in [4.69, 9.17) is 14.2 Å². The first-order valence-electron chi connectivity index (χ1n) is 6.21. The molecule has 0 amide bonds. The summed E-state index contributed by atoms with van der Waals surface area (Å²) in [6, 6.07) is 8.00. The Labute approximate surface area is 103 Å². The molecule has 1 aromatic carbocycles. The summed E-state index contributed by atoms with van der Waals surface area (Å²) >= 11 is 0. The summed E-state index contributed by atoms with van der Waals surface area (Å²) in [5.74, 6) is 0.887. The van der Waals surface area contributed by atoms with Crippen LogP contribution in [0.25, 0.3) is 0 Å². The van der Waals surface area contributed by atoms with Crippen LogP contribution in [-0.2, 0) is 16.1 Å². The van der Waals surface area contributed by atoms with E-state index >= 15 is 0 Å². The third-order valence-electron chi connectivity index (χ3n) is 2.89. The molecule has 0 aromatic heterocycles. The molecule has 0 saturated carbocycles. The maximum Gasteiger partial charge on any atom is 0.118 e. The van der Waals surface area contributed by atoms with E-state index in [0.717, 1.165) is 25.4 Å². The molecule has 1 aliphatic rings. The van der Waals surface area contributed by atoms with Crippen LogP contribution in [0.2, 0.25) is 0 Å². The van der Waals surface area contributed by atoms with Crippen molar-refractivity contribution in [3.05, 3.63) is 29.8 Å². The van der Waals surface area contributed by atoms with Gasteiger partial charge in [-0.05, 0) is 37.0 Å². The second kappa shape index (κ2) is 6.62. The van der Waals surface area contributed by atoms with Gasteiger partial charge in [-0.3, -0.25) is 0 Å². The zero-order valence-corrected chi connectivity index (χ0v) is 10.4. The van der Waals surface area contributed by atoms with Crippen LogP contribution >= 0.6 is 0 Å². The largest absolute Gasteiger partial charge is 0.497 e. The quantitative estimate of drug-likeness (QED) is 0.513. The number of ether oxygens (including phenoxy) is 3. The zero-order valence-electron chi connectivity index (χ0n) is 10.4. The molecule has 1 fully saturated rings. The number of epoxide rings is 1. The Morgan fingerprint density at radius 2 is 2.00 bits per heavy atom. The molecule has 1 saturated heterocycles. The number of rotatable bonds is 8. The molecule has 0 unspecified atom stereocenters. The predicted molar refractivity (Wildman–Crippen MR) is 66.2 cm³/mol. The van der Waals surface area contributed by atoms with Crippen LogP contribution in [0.5, 0.6) is 5.75 Å². The van der Waals surface area contributed by atoms with Gasteiger partial charge >= 0.3 is 0 Å². The second-order valence-corrected chi connectivity index (χ2v) is 4.35. The van der Waals surface area contributed by atoms with E-state index < -0.39 is 0 Å². The maximum atomic E-state index is 5.61. The fourth-order valence-electron chi connectivity index (χ4n) is 1.72. The van der Waals surface area contributed by atoms with Crippen LogP contribution in [-0.4, -0.2) is 26.4 Å². The van der Waals surface area contributed by atoms with Crippen LogP contribution in [0.3, 0.4) is 0 Å². The van der Waals surface area contributed by atoms with Gasteiger partial charge in [0.1, 0.15) is 5.75 Å². The Bertz CT molecular complexity index is 317. The van der Waals surface area contributed by atoms with Crippen LogP contribution < -0.4 is 4.74 Å². The van der Waals surface area contributed by atoms with Crippen molar-refractivity contribution in [1.82, 2.24) is 0 Å². The second-order valence-electron chi connectivity index (χ2n) is 4.35.